The van der Waals surface area contributed by atoms with Gasteiger partial charge < -0.3 is 15.2 Å². The van der Waals surface area contributed by atoms with E-state index >= 15 is 0 Å². The highest BCUT2D eigenvalue weighted by Gasteiger charge is 2.00. The summed E-state index contributed by atoms with van der Waals surface area (Å²) in [6.45, 7) is 2.69. The SMILES string of the molecule is COc1cccc(CNc2ccc(O)cc2C)c1. The molecule has 0 aliphatic rings. The summed E-state index contributed by atoms with van der Waals surface area (Å²) in [6, 6.07) is 13.3. The van der Waals surface area contributed by atoms with Crippen LogP contribution in [0.5, 0.6) is 11.5 Å². The first kappa shape index (κ1) is 12.3. The quantitative estimate of drug-likeness (QED) is 0.809. The molecule has 0 saturated carbocycles. The zero-order valence-corrected chi connectivity index (χ0v) is 10.6. The van der Waals surface area contributed by atoms with Crippen molar-refractivity contribution in [1.29, 1.82) is 0 Å². The fourth-order valence-corrected chi connectivity index (χ4v) is 1.83. The van der Waals surface area contributed by atoms with Crippen molar-refractivity contribution in [1.82, 2.24) is 0 Å². The van der Waals surface area contributed by atoms with Crippen LogP contribution in [0.1, 0.15) is 11.1 Å². The van der Waals surface area contributed by atoms with Gasteiger partial charge in [0, 0.05) is 12.2 Å². The van der Waals surface area contributed by atoms with Gasteiger partial charge in [-0.05, 0) is 48.4 Å². The first-order valence-corrected chi connectivity index (χ1v) is 5.85. The van der Waals surface area contributed by atoms with Crippen molar-refractivity contribution >= 4 is 5.69 Å². The molecule has 0 atom stereocenters. The van der Waals surface area contributed by atoms with E-state index in [9.17, 15) is 5.11 Å². The van der Waals surface area contributed by atoms with Crippen LogP contribution >= 0.6 is 0 Å². The Bertz CT molecular complexity index is 538. The van der Waals surface area contributed by atoms with E-state index in [1.807, 2.05) is 37.3 Å². The predicted molar refractivity (Wildman–Crippen MR) is 73.2 cm³/mol. The molecule has 2 rings (SSSR count). The highest BCUT2D eigenvalue weighted by molar-refractivity contribution is 5.53. The van der Waals surface area contributed by atoms with Crippen LogP contribution in [0, 0.1) is 6.92 Å². The highest BCUT2D eigenvalue weighted by atomic mass is 16.5. The maximum atomic E-state index is 9.35. The number of aromatic hydroxyl groups is 1. The fourth-order valence-electron chi connectivity index (χ4n) is 1.83. The Labute approximate surface area is 107 Å². The van der Waals surface area contributed by atoms with Crippen molar-refractivity contribution in [2.24, 2.45) is 0 Å². The second kappa shape index (κ2) is 5.45. The molecule has 0 unspecified atom stereocenters. The molecule has 0 spiro atoms. The normalized spacial score (nSPS) is 10.1. The average molecular weight is 243 g/mol. The van der Waals surface area contributed by atoms with Gasteiger partial charge in [-0.25, -0.2) is 0 Å². The minimum absolute atomic E-state index is 0.291. The number of benzene rings is 2. The minimum Gasteiger partial charge on any atom is -0.508 e. The molecule has 0 bridgehead atoms. The Balaban J connectivity index is 2.06. The molecule has 0 saturated heterocycles. The number of anilines is 1. The Hall–Kier alpha value is -2.16. The molecular formula is C15H17NO2. The molecule has 0 fully saturated rings. The molecule has 0 aliphatic carbocycles. The lowest BCUT2D eigenvalue weighted by Crippen LogP contribution is -2.01. The largest absolute Gasteiger partial charge is 0.508 e. The Morgan fingerprint density at radius 2 is 2.00 bits per heavy atom. The smallest absolute Gasteiger partial charge is 0.119 e. The van der Waals surface area contributed by atoms with E-state index in [2.05, 4.69) is 5.32 Å². The molecule has 3 heteroatoms. The van der Waals surface area contributed by atoms with Crippen LogP contribution in [0.3, 0.4) is 0 Å². The topological polar surface area (TPSA) is 41.5 Å². The van der Waals surface area contributed by atoms with Crippen LogP contribution in [0.4, 0.5) is 5.69 Å². The third-order valence-corrected chi connectivity index (χ3v) is 2.83. The summed E-state index contributed by atoms with van der Waals surface area (Å²) in [5.41, 5.74) is 3.20. The van der Waals surface area contributed by atoms with Crippen molar-refractivity contribution in [3.63, 3.8) is 0 Å². The highest BCUT2D eigenvalue weighted by Crippen LogP contribution is 2.21. The molecule has 18 heavy (non-hydrogen) atoms. The van der Waals surface area contributed by atoms with Crippen LogP contribution < -0.4 is 10.1 Å². The number of hydrogen-bond donors (Lipinski definition) is 2. The number of hydrogen-bond acceptors (Lipinski definition) is 3. The van der Waals surface area contributed by atoms with Gasteiger partial charge in [-0.1, -0.05) is 12.1 Å². The molecule has 0 heterocycles. The van der Waals surface area contributed by atoms with E-state index in [0.717, 1.165) is 29.1 Å². The third kappa shape index (κ3) is 2.94. The molecule has 2 aromatic carbocycles. The minimum atomic E-state index is 0.291. The summed E-state index contributed by atoms with van der Waals surface area (Å²) in [6.07, 6.45) is 0. The zero-order chi connectivity index (χ0) is 13.0. The number of methoxy groups -OCH3 is 1. The summed E-state index contributed by atoms with van der Waals surface area (Å²) in [5.74, 6) is 1.15. The van der Waals surface area contributed by atoms with Crippen molar-refractivity contribution in [2.75, 3.05) is 12.4 Å². The van der Waals surface area contributed by atoms with Crippen molar-refractivity contribution in [2.45, 2.75) is 13.5 Å². The molecule has 2 aromatic rings. The fraction of sp³-hybridized carbons (Fsp3) is 0.200. The molecule has 0 aromatic heterocycles. The van der Waals surface area contributed by atoms with Crippen molar-refractivity contribution in [3.05, 3.63) is 53.6 Å². The monoisotopic (exact) mass is 243 g/mol. The lowest BCUT2D eigenvalue weighted by molar-refractivity contribution is 0.414. The number of rotatable bonds is 4. The van der Waals surface area contributed by atoms with E-state index in [1.54, 1.807) is 19.2 Å². The summed E-state index contributed by atoms with van der Waals surface area (Å²) in [5, 5.41) is 12.7. The average Bonchev–Trinajstić information content (AvgIpc) is 2.38. The molecule has 0 amide bonds. The van der Waals surface area contributed by atoms with Gasteiger partial charge in [-0.15, -0.1) is 0 Å². The maximum Gasteiger partial charge on any atom is 0.119 e. The Kier molecular flexibility index (Phi) is 3.72. The lowest BCUT2D eigenvalue weighted by atomic mass is 10.1. The van der Waals surface area contributed by atoms with E-state index in [4.69, 9.17) is 4.74 Å². The lowest BCUT2D eigenvalue weighted by Gasteiger charge is -2.10. The van der Waals surface area contributed by atoms with Gasteiger partial charge in [0.15, 0.2) is 0 Å². The van der Waals surface area contributed by atoms with Gasteiger partial charge in [0.1, 0.15) is 11.5 Å². The van der Waals surface area contributed by atoms with Gasteiger partial charge in [0.2, 0.25) is 0 Å². The predicted octanol–water partition coefficient (Wildman–Crippen LogP) is 3.32. The van der Waals surface area contributed by atoms with Crippen LogP contribution in [-0.2, 0) is 6.54 Å². The van der Waals surface area contributed by atoms with Crippen LogP contribution in [0.2, 0.25) is 0 Å². The van der Waals surface area contributed by atoms with E-state index < -0.39 is 0 Å². The molecular weight excluding hydrogens is 226 g/mol. The molecule has 3 nitrogen and oxygen atoms in total. The summed E-state index contributed by atoms with van der Waals surface area (Å²) >= 11 is 0. The van der Waals surface area contributed by atoms with E-state index in [0.29, 0.717) is 5.75 Å². The molecule has 94 valence electrons. The van der Waals surface area contributed by atoms with Gasteiger partial charge in [-0.3, -0.25) is 0 Å². The third-order valence-electron chi connectivity index (χ3n) is 2.83. The number of nitrogens with one attached hydrogen (secondary N) is 1. The van der Waals surface area contributed by atoms with Crippen LogP contribution in [-0.4, -0.2) is 12.2 Å². The molecule has 0 radical (unpaired) electrons. The van der Waals surface area contributed by atoms with Gasteiger partial charge in [-0.2, -0.15) is 0 Å². The first-order valence-electron chi connectivity index (χ1n) is 5.85. The van der Waals surface area contributed by atoms with E-state index in [-0.39, 0.29) is 0 Å². The number of phenols is 1. The number of aryl methyl sites for hydroxylation is 1. The standard InChI is InChI=1S/C15H17NO2/c1-11-8-13(17)6-7-15(11)16-10-12-4-3-5-14(9-12)18-2/h3-9,16-17H,10H2,1-2H3. The second-order valence-corrected chi connectivity index (χ2v) is 4.20. The summed E-state index contributed by atoms with van der Waals surface area (Å²) in [7, 11) is 1.66. The number of ether oxygens (including phenoxy) is 1. The van der Waals surface area contributed by atoms with Gasteiger partial charge in [0.25, 0.3) is 0 Å². The van der Waals surface area contributed by atoms with Crippen molar-refractivity contribution < 1.29 is 9.84 Å². The number of phenolic OH excluding ortho intramolecular Hbond substituents is 1. The van der Waals surface area contributed by atoms with Gasteiger partial charge >= 0.3 is 0 Å². The molecule has 2 N–H and O–H groups in total. The van der Waals surface area contributed by atoms with E-state index in [1.165, 1.54) is 0 Å². The Morgan fingerprint density at radius 3 is 2.72 bits per heavy atom. The van der Waals surface area contributed by atoms with Gasteiger partial charge in [0.05, 0.1) is 7.11 Å². The zero-order valence-electron chi connectivity index (χ0n) is 10.6. The van der Waals surface area contributed by atoms with Crippen LogP contribution in [0.15, 0.2) is 42.5 Å². The maximum absolute atomic E-state index is 9.35. The van der Waals surface area contributed by atoms with Crippen molar-refractivity contribution in [3.8, 4) is 11.5 Å². The Morgan fingerprint density at radius 1 is 1.17 bits per heavy atom. The summed E-state index contributed by atoms with van der Waals surface area (Å²) in [4.78, 5) is 0. The summed E-state index contributed by atoms with van der Waals surface area (Å²) < 4.78 is 5.19. The second-order valence-electron chi connectivity index (χ2n) is 4.20. The van der Waals surface area contributed by atoms with Crippen LogP contribution in [0.25, 0.3) is 0 Å². The first-order chi connectivity index (χ1) is 8.69. The molecule has 0 aliphatic heterocycles.